The van der Waals surface area contributed by atoms with Crippen molar-refractivity contribution >= 4 is 11.5 Å². The summed E-state index contributed by atoms with van der Waals surface area (Å²) >= 11 is 0. The van der Waals surface area contributed by atoms with Gasteiger partial charge >= 0.3 is 0 Å². The Morgan fingerprint density at radius 3 is 3.06 bits per heavy atom. The lowest BCUT2D eigenvalue weighted by Crippen LogP contribution is -2.31. The first-order valence-electron chi connectivity index (χ1n) is 5.96. The summed E-state index contributed by atoms with van der Waals surface area (Å²) < 4.78 is 5.46. The Morgan fingerprint density at radius 2 is 2.35 bits per heavy atom. The van der Waals surface area contributed by atoms with Gasteiger partial charge in [-0.3, -0.25) is 4.84 Å². The van der Waals surface area contributed by atoms with Gasteiger partial charge in [0.25, 0.3) is 0 Å². The molecule has 0 spiro atoms. The highest BCUT2D eigenvalue weighted by atomic mass is 16.7. The average molecular weight is 238 g/mol. The summed E-state index contributed by atoms with van der Waals surface area (Å²) in [6, 6.07) is 0. The van der Waals surface area contributed by atoms with E-state index in [2.05, 4.69) is 9.97 Å². The van der Waals surface area contributed by atoms with Gasteiger partial charge in [-0.2, -0.15) is 4.98 Å². The molecule has 1 aliphatic heterocycles. The Labute approximate surface area is 101 Å². The maximum Gasteiger partial charge on any atom is 0.242 e. The van der Waals surface area contributed by atoms with Gasteiger partial charge in [0.15, 0.2) is 5.82 Å². The van der Waals surface area contributed by atoms with E-state index in [9.17, 15) is 0 Å². The lowest BCUT2D eigenvalue weighted by Gasteiger charge is -2.27. The van der Waals surface area contributed by atoms with Crippen molar-refractivity contribution in [2.75, 3.05) is 30.6 Å². The highest BCUT2D eigenvalue weighted by Crippen LogP contribution is 2.29. The van der Waals surface area contributed by atoms with Gasteiger partial charge < -0.3 is 10.5 Å². The largest absolute Gasteiger partial charge is 0.476 e. The van der Waals surface area contributed by atoms with E-state index in [0.29, 0.717) is 30.6 Å². The summed E-state index contributed by atoms with van der Waals surface area (Å²) in [5.41, 5.74) is 6.43. The Morgan fingerprint density at radius 1 is 1.47 bits per heavy atom. The zero-order chi connectivity index (χ0) is 12.1. The Bertz CT molecular complexity index is 366. The number of nitrogens with two attached hydrogens (primary N) is 1. The summed E-state index contributed by atoms with van der Waals surface area (Å²) in [4.78, 5) is 13.7. The molecule has 1 aromatic rings. The van der Waals surface area contributed by atoms with E-state index in [1.54, 1.807) is 5.06 Å². The summed E-state index contributed by atoms with van der Waals surface area (Å²) in [7, 11) is 0. The van der Waals surface area contributed by atoms with Crippen molar-refractivity contribution in [2.24, 2.45) is 0 Å². The number of hydrogen-bond donors (Lipinski definition) is 1. The first-order chi connectivity index (χ1) is 8.33. The van der Waals surface area contributed by atoms with Crippen molar-refractivity contribution in [3.05, 3.63) is 6.33 Å². The molecule has 1 aliphatic rings. The Hall–Kier alpha value is -1.56. The SMILES string of the molecule is CCCOc1ncnc(N2CCCCO2)c1N. The molecule has 0 unspecified atom stereocenters. The fraction of sp³-hybridized carbons (Fsp3) is 0.636. The van der Waals surface area contributed by atoms with E-state index in [4.69, 9.17) is 15.3 Å². The molecule has 0 radical (unpaired) electrons. The van der Waals surface area contributed by atoms with Crippen molar-refractivity contribution < 1.29 is 9.57 Å². The van der Waals surface area contributed by atoms with Gasteiger partial charge in [0.2, 0.25) is 5.88 Å². The minimum absolute atomic E-state index is 0.436. The number of anilines is 2. The van der Waals surface area contributed by atoms with Crippen molar-refractivity contribution in [1.82, 2.24) is 9.97 Å². The van der Waals surface area contributed by atoms with E-state index in [1.165, 1.54) is 6.33 Å². The first kappa shape index (κ1) is 11.9. The zero-order valence-corrected chi connectivity index (χ0v) is 10.1. The molecule has 0 aromatic carbocycles. The molecule has 2 N–H and O–H groups in total. The second kappa shape index (κ2) is 5.67. The predicted molar refractivity (Wildman–Crippen MR) is 64.8 cm³/mol. The smallest absolute Gasteiger partial charge is 0.242 e. The predicted octanol–water partition coefficient (Wildman–Crippen LogP) is 1.38. The third-order valence-corrected chi connectivity index (χ3v) is 2.51. The second-order valence-corrected chi connectivity index (χ2v) is 3.91. The molecule has 2 rings (SSSR count). The molecule has 0 atom stereocenters. The van der Waals surface area contributed by atoms with Crippen LogP contribution in [-0.4, -0.2) is 29.7 Å². The van der Waals surface area contributed by atoms with Crippen LogP contribution in [0.5, 0.6) is 5.88 Å². The molecular formula is C11H18N4O2. The summed E-state index contributed by atoms with van der Waals surface area (Å²) in [6.07, 6.45) is 4.52. The molecule has 17 heavy (non-hydrogen) atoms. The Kier molecular flexibility index (Phi) is 3.98. The third kappa shape index (κ3) is 2.76. The molecule has 2 heterocycles. The number of ether oxygens (including phenoxy) is 1. The van der Waals surface area contributed by atoms with Gasteiger partial charge in [-0.1, -0.05) is 6.92 Å². The highest BCUT2D eigenvalue weighted by Gasteiger charge is 2.18. The van der Waals surface area contributed by atoms with E-state index in [1.807, 2.05) is 6.92 Å². The molecular weight excluding hydrogens is 220 g/mol. The van der Waals surface area contributed by atoms with Crippen molar-refractivity contribution in [3.8, 4) is 5.88 Å². The quantitative estimate of drug-likeness (QED) is 0.854. The molecule has 6 nitrogen and oxygen atoms in total. The van der Waals surface area contributed by atoms with Crippen LogP contribution in [-0.2, 0) is 4.84 Å². The van der Waals surface area contributed by atoms with Crippen LogP contribution < -0.4 is 15.5 Å². The molecule has 0 saturated carbocycles. The van der Waals surface area contributed by atoms with Crippen LogP contribution in [0.1, 0.15) is 26.2 Å². The van der Waals surface area contributed by atoms with Crippen molar-refractivity contribution in [2.45, 2.75) is 26.2 Å². The molecule has 94 valence electrons. The fourth-order valence-corrected chi connectivity index (χ4v) is 1.65. The minimum Gasteiger partial charge on any atom is -0.476 e. The van der Waals surface area contributed by atoms with E-state index in [-0.39, 0.29) is 0 Å². The molecule has 0 aliphatic carbocycles. The van der Waals surface area contributed by atoms with Gasteiger partial charge in [0.1, 0.15) is 12.0 Å². The number of hydroxylamine groups is 1. The van der Waals surface area contributed by atoms with Crippen LogP contribution in [0.4, 0.5) is 11.5 Å². The zero-order valence-electron chi connectivity index (χ0n) is 10.1. The first-order valence-corrected chi connectivity index (χ1v) is 5.96. The maximum atomic E-state index is 5.98. The summed E-state index contributed by atoms with van der Waals surface area (Å²) in [5, 5.41) is 1.72. The summed E-state index contributed by atoms with van der Waals surface area (Å²) in [6.45, 7) is 4.14. The summed E-state index contributed by atoms with van der Waals surface area (Å²) in [5.74, 6) is 1.04. The van der Waals surface area contributed by atoms with Gasteiger partial charge in [-0.05, 0) is 19.3 Å². The van der Waals surface area contributed by atoms with Crippen LogP contribution in [0.2, 0.25) is 0 Å². The second-order valence-electron chi connectivity index (χ2n) is 3.91. The van der Waals surface area contributed by atoms with Gasteiger partial charge in [-0.15, -0.1) is 0 Å². The standard InChI is InChI=1S/C11H18N4O2/c1-2-6-16-11-9(12)10(13-8-14-11)15-5-3-4-7-17-15/h8H,2-7,12H2,1H3. The number of rotatable bonds is 4. The third-order valence-electron chi connectivity index (χ3n) is 2.51. The van der Waals surface area contributed by atoms with Crippen molar-refractivity contribution in [3.63, 3.8) is 0 Å². The monoisotopic (exact) mass is 238 g/mol. The highest BCUT2D eigenvalue weighted by molar-refractivity contribution is 5.66. The van der Waals surface area contributed by atoms with Crippen LogP contribution in [0.25, 0.3) is 0 Å². The lowest BCUT2D eigenvalue weighted by molar-refractivity contribution is 0.0762. The molecule has 1 aromatic heterocycles. The van der Waals surface area contributed by atoms with E-state index >= 15 is 0 Å². The number of nitrogen functional groups attached to an aromatic ring is 1. The molecule has 1 fully saturated rings. The van der Waals surface area contributed by atoms with Crippen LogP contribution in [0.15, 0.2) is 6.33 Å². The van der Waals surface area contributed by atoms with E-state index < -0.39 is 0 Å². The Balaban J connectivity index is 2.15. The maximum absolute atomic E-state index is 5.98. The van der Waals surface area contributed by atoms with Gasteiger partial charge in [0, 0.05) is 6.54 Å². The van der Waals surface area contributed by atoms with Crippen LogP contribution >= 0.6 is 0 Å². The normalized spacial score (nSPS) is 15.9. The number of hydrogen-bond acceptors (Lipinski definition) is 6. The minimum atomic E-state index is 0.436. The van der Waals surface area contributed by atoms with Gasteiger partial charge in [-0.25, -0.2) is 10.0 Å². The molecule has 0 amide bonds. The lowest BCUT2D eigenvalue weighted by atomic mass is 10.3. The van der Waals surface area contributed by atoms with Gasteiger partial charge in [0.05, 0.1) is 13.2 Å². The molecule has 0 bridgehead atoms. The van der Waals surface area contributed by atoms with Crippen molar-refractivity contribution in [1.29, 1.82) is 0 Å². The number of aromatic nitrogens is 2. The van der Waals surface area contributed by atoms with Crippen LogP contribution in [0, 0.1) is 0 Å². The van der Waals surface area contributed by atoms with Crippen LogP contribution in [0.3, 0.4) is 0 Å². The number of nitrogens with zero attached hydrogens (tertiary/aromatic N) is 3. The molecule has 1 saturated heterocycles. The topological polar surface area (TPSA) is 73.5 Å². The molecule has 6 heteroatoms. The fourth-order valence-electron chi connectivity index (χ4n) is 1.65. The average Bonchev–Trinajstić information content (AvgIpc) is 2.39. The van der Waals surface area contributed by atoms with E-state index in [0.717, 1.165) is 25.8 Å².